The van der Waals surface area contributed by atoms with E-state index in [4.69, 9.17) is 5.73 Å². The molecule has 2 atom stereocenters. The summed E-state index contributed by atoms with van der Waals surface area (Å²) >= 11 is 0. The number of benzene rings is 1. The van der Waals surface area contributed by atoms with Crippen LogP contribution in [0.1, 0.15) is 24.4 Å². The first-order chi connectivity index (χ1) is 8.18. The van der Waals surface area contributed by atoms with Crippen LogP contribution in [0.5, 0.6) is 0 Å². The molecule has 1 fully saturated rings. The number of nitrogens with zero attached hydrogens (tertiary/aromatic N) is 1. The number of piperidine rings is 1. The topological polar surface area (TPSA) is 66.6 Å². The first kappa shape index (κ1) is 12.1. The molecule has 0 aliphatic carbocycles. The van der Waals surface area contributed by atoms with E-state index in [1.807, 2.05) is 35.2 Å². The van der Waals surface area contributed by atoms with Crippen molar-refractivity contribution in [3.05, 3.63) is 35.9 Å². The number of rotatable bonds is 3. The quantitative estimate of drug-likeness (QED) is 0.807. The summed E-state index contributed by atoms with van der Waals surface area (Å²) in [5, 5.41) is 9.66. The summed E-state index contributed by atoms with van der Waals surface area (Å²) in [5.74, 6) is -0.356. The lowest BCUT2D eigenvalue weighted by atomic mass is 10.0. The minimum absolute atomic E-state index is 0.352. The summed E-state index contributed by atoms with van der Waals surface area (Å²) in [7, 11) is 0. The van der Waals surface area contributed by atoms with E-state index in [1.54, 1.807) is 0 Å². The summed E-state index contributed by atoms with van der Waals surface area (Å²) < 4.78 is 0. The predicted molar refractivity (Wildman–Crippen MR) is 65.2 cm³/mol. The van der Waals surface area contributed by atoms with E-state index < -0.39 is 6.04 Å². The fourth-order valence-electron chi connectivity index (χ4n) is 2.41. The third-order valence-corrected chi connectivity index (χ3v) is 3.18. The van der Waals surface area contributed by atoms with Crippen molar-refractivity contribution in [2.75, 3.05) is 13.1 Å². The zero-order chi connectivity index (χ0) is 12.3. The lowest BCUT2D eigenvalue weighted by Gasteiger charge is -2.35. The van der Waals surface area contributed by atoms with Crippen molar-refractivity contribution in [1.82, 2.24) is 4.90 Å². The van der Waals surface area contributed by atoms with Gasteiger partial charge < -0.3 is 10.8 Å². The highest BCUT2D eigenvalue weighted by Gasteiger charge is 2.29. The zero-order valence-corrected chi connectivity index (χ0v) is 9.75. The Morgan fingerprint density at radius 1 is 1.41 bits per heavy atom. The number of nitrogens with two attached hydrogens (primary N) is 1. The molecule has 1 aromatic carbocycles. The Bertz CT molecular complexity index is 380. The van der Waals surface area contributed by atoms with E-state index in [-0.39, 0.29) is 12.0 Å². The average Bonchev–Trinajstić information content (AvgIpc) is 2.30. The van der Waals surface area contributed by atoms with Gasteiger partial charge in [-0.1, -0.05) is 30.3 Å². The molecule has 1 amide bonds. The molecule has 0 aromatic heterocycles. The second-order valence-corrected chi connectivity index (χ2v) is 4.51. The van der Waals surface area contributed by atoms with E-state index in [1.165, 1.54) is 0 Å². The molecule has 1 aromatic rings. The first-order valence-electron chi connectivity index (χ1n) is 5.95. The molecule has 0 radical (unpaired) electrons. The van der Waals surface area contributed by atoms with Gasteiger partial charge in [0.15, 0.2) is 0 Å². The van der Waals surface area contributed by atoms with Crippen LogP contribution in [-0.4, -0.2) is 35.1 Å². The number of β-amino-alcohol motifs (C(OH)–C–C–N with tert-alkyl or cyclic N) is 1. The molecule has 1 saturated heterocycles. The molecular formula is C13H18N2O2. The van der Waals surface area contributed by atoms with Crippen molar-refractivity contribution in [1.29, 1.82) is 0 Å². The highest BCUT2D eigenvalue weighted by atomic mass is 16.3. The van der Waals surface area contributed by atoms with E-state index in [0.717, 1.165) is 24.9 Å². The van der Waals surface area contributed by atoms with Crippen LogP contribution in [0.15, 0.2) is 30.3 Å². The standard InChI is InChI=1S/C13H18N2O2/c14-13(17)12(10-5-2-1-3-6-10)15-8-4-7-11(16)9-15/h1-3,5-6,11-12,16H,4,7-9H2,(H2,14,17)/t11-,12-/m1/s1. The van der Waals surface area contributed by atoms with Crippen LogP contribution in [0.3, 0.4) is 0 Å². The molecule has 1 heterocycles. The van der Waals surface area contributed by atoms with Gasteiger partial charge in [0.05, 0.1) is 6.10 Å². The maximum Gasteiger partial charge on any atom is 0.239 e. The lowest BCUT2D eigenvalue weighted by molar-refractivity contribution is -0.124. The predicted octanol–water partition coefficient (Wildman–Crippen LogP) is 0.670. The molecule has 2 rings (SSSR count). The largest absolute Gasteiger partial charge is 0.392 e. The van der Waals surface area contributed by atoms with Crippen LogP contribution in [-0.2, 0) is 4.79 Å². The molecular weight excluding hydrogens is 216 g/mol. The van der Waals surface area contributed by atoms with Crippen LogP contribution >= 0.6 is 0 Å². The fraction of sp³-hybridized carbons (Fsp3) is 0.462. The first-order valence-corrected chi connectivity index (χ1v) is 5.95. The van der Waals surface area contributed by atoms with Gasteiger partial charge in [-0.2, -0.15) is 0 Å². The number of hydrogen-bond acceptors (Lipinski definition) is 3. The van der Waals surface area contributed by atoms with Crippen LogP contribution in [0.2, 0.25) is 0 Å². The van der Waals surface area contributed by atoms with Gasteiger partial charge in [-0.05, 0) is 24.9 Å². The number of aliphatic hydroxyl groups excluding tert-OH is 1. The van der Waals surface area contributed by atoms with Gasteiger partial charge >= 0.3 is 0 Å². The van der Waals surface area contributed by atoms with Crippen LogP contribution in [0, 0.1) is 0 Å². The molecule has 3 N–H and O–H groups in total. The smallest absolute Gasteiger partial charge is 0.239 e. The number of amides is 1. The molecule has 0 spiro atoms. The van der Waals surface area contributed by atoms with E-state index in [0.29, 0.717) is 6.54 Å². The molecule has 92 valence electrons. The van der Waals surface area contributed by atoms with Crippen LogP contribution in [0.25, 0.3) is 0 Å². The minimum Gasteiger partial charge on any atom is -0.392 e. The van der Waals surface area contributed by atoms with Gasteiger partial charge in [0.25, 0.3) is 0 Å². The molecule has 1 aliphatic heterocycles. The number of likely N-dealkylation sites (tertiary alicyclic amines) is 1. The molecule has 4 nitrogen and oxygen atoms in total. The van der Waals surface area contributed by atoms with Gasteiger partial charge in [-0.25, -0.2) is 0 Å². The minimum atomic E-state index is -0.425. The van der Waals surface area contributed by atoms with Crippen LogP contribution in [0.4, 0.5) is 0 Å². The Morgan fingerprint density at radius 3 is 2.71 bits per heavy atom. The molecule has 0 bridgehead atoms. The van der Waals surface area contributed by atoms with Crippen molar-refractivity contribution in [3.63, 3.8) is 0 Å². The maximum absolute atomic E-state index is 11.6. The number of carbonyl (C=O) groups is 1. The average molecular weight is 234 g/mol. The van der Waals surface area contributed by atoms with E-state index in [2.05, 4.69) is 0 Å². The Kier molecular flexibility index (Phi) is 3.76. The van der Waals surface area contributed by atoms with Gasteiger partial charge in [-0.15, -0.1) is 0 Å². The molecule has 1 aliphatic rings. The fourth-order valence-corrected chi connectivity index (χ4v) is 2.41. The second-order valence-electron chi connectivity index (χ2n) is 4.51. The number of aliphatic hydroxyl groups is 1. The Morgan fingerprint density at radius 2 is 2.12 bits per heavy atom. The second kappa shape index (κ2) is 5.29. The van der Waals surface area contributed by atoms with Crippen molar-refractivity contribution < 1.29 is 9.90 Å². The van der Waals surface area contributed by atoms with Crippen molar-refractivity contribution in [2.24, 2.45) is 5.73 Å². The molecule has 0 unspecified atom stereocenters. The normalized spacial score (nSPS) is 23.2. The maximum atomic E-state index is 11.6. The highest BCUT2D eigenvalue weighted by molar-refractivity contribution is 5.81. The van der Waals surface area contributed by atoms with Crippen molar-refractivity contribution in [3.8, 4) is 0 Å². The third kappa shape index (κ3) is 2.84. The summed E-state index contributed by atoms with van der Waals surface area (Å²) in [6, 6.07) is 9.07. The number of carbonyl (C=O) groups excluding carboxylic acids is 1. The lowest BCUT2D eigenvalue weighted by Crippen LogP contribution is -2.45. The highest BCUT2D eigenvalue weighted by Crippen LogP contribution is 2.24. The molecule has 4 heteroatoms. The van der Waals surface area contributed by atoms with Crippen LogP contribution < -0.4 is 5.73 Å². The SMILES string of the molecule is NC(=O)[C@@H](c1ccccc1)N1CCC[C@@H](O)C1. The van der Waals surface area contributed by atoms with Gasteiger partial charge in [0.2, 0.25) is 5.91 Å². The van der Waals surface area contributed by atoms with Gasteiger partial charge in [0, 0.05) is 6.54 Å². The van der Waals surface area contributed by atoms with E-state index in [9.17, 15) is 9.90 Å². The Labute approximate surface area is 101 Å². The van der Waals surface area contributed by atoms with Gasteiger partial charge in [0.1, 0.15) is 6.04 Å². The van der Waals surface area contributed by atoms with Gasteiger partial charge in [-0.3, -0.25) is 9.69 Å². The summed E-state index contributed by atoms with van der Waals surface area (Å²) in [6.45, 7) is 1.32. The van der Waals surface area contributed by atoms with E-state index >= 15 is 0 Å². The number of primary amides is 1. The molecule has 17 heavy (non-hydrogen) atoms. The Hall–Kier alpha value is -1.39. The summed E-state index contributed by atoms with van der Waals surface area (Å²) in [5.41, 5.74) is 6.38. The van der Waals surface area contributed by atoms with Crippen molar-refractivity contribution >= 4 is 5.91 Å². The van der Waals surface area contributed by atoms with Crippen molar-refractivity contribution in [2.45, 2.75) is 25.0 Å². The summed E-state index contributed by atoms with van der Waals surface area (Å²) in [4.78, 5) is 13.6. The monoisotopic (exact) mass is 234 g/mol. The number of hydrogen-bond donors (Lipinski definition) is 2. The Balaban J connectivity index is 2.20. The third-order valence-electron chi connectivity index (χ3n) is 3.18. The summed E-state index contributed by atoms with van der Waals surface area (Å²) in [6.07, 6.45) is 1.35. The molecule has 0 saturated carbocycles. The zero-order valence-electron chi connectivity index (χ0n) is 9.75.